The predicted molar refractivity (Wildman–Crippen MR) is 65.3 cm³/mol. The van der Waals surface area contributed by atoms with Crippen LogP contribution in [0.25, 0.3) is 0 Å². The molecule has 4 nitrogen and oxygen atoms in total. The first kappa shape index (κ1) is 11.8. The van der Waals surface area contributed by atoms with Gasteiger partial charge in [0, 0.05) is 5.02 Å². The van der Waals surface area contributed by atoms with Crippen LogP contribution in [0.3, 0.4) is 0 Å². The van der Waals surface area contributed by atoms with Crippen molar-refractivity contribution in [3.63, 3.8) is 0 Å². The molecule has 88 valence electrons. The molecule has 17 heavy (non-hydrogen) atoms. The molecule has 0 unspecified atom stereocenters. The van der Waals surface area contributed by atoms with Crippen molar-refractivity contribution in [2.45, 2.75) is 19.9 Å². The zero-order chi connectivity index (χ0) is 12.3. The molecule has 1 aromatic carbocycles. The average Bonchev–Trinajstić information content (AvgIpc) is 2.74. The van der Waals surface area contributed by atoms with Crippen molar-refractivity contribution in [3.8, 4) is 0 Å². The molecule has 0 spiro atoms. The summed E-state index contributed by atoms with van der Waals surface area (Å²) in [5.74, 6) is 0. The van der Waals surface area contributed by atoms with Gasteiger partial charge >= 0.3 is 0 Å². The molecule has 0 aliphatic carbocycles. The fraction of sp³-hybridized carbons (Fsp3) is 0.250. The van der Waals surface area contributed by atoms with E-state index in [9.17, 15) is 4.79 Å². The molecule has 2 aromatic rings. The molecule has 0 fully saturated rings. The molecule has 0 N–H and O–H groups in total. The van der Waals surface area contributed by atoms with Crippen LogP contribution in [0.1, 0.15) is 28.7 Å². The molecule has 0 saturated carbocycles. The fourth-order valence-electron chi connectivity index (χ4n) is 1.72. The van der Waals surface area contributed by atoms with Crippen LogP contribution in [0, 0.1) is 0 Å². The van der Waals surface area contributed by atoms with Crippen LogP contribution in [0.4, 0.5) is 0 Å². The van der Waals surface area contributed by atoms with Crippen LogP contribution >= 0.6 is 11.6 Å². The smallest absolute Gasteiger partial charge is 0.172 e. The van der Waals surface area contributed by atoms with Gasteiger partial charge < -0.3 is 0 Å². The van der Waals surface area contributed by atoms with Gasteiger partial charge in [0.15, 0.2) is 6.29 Å². The molecule has 0 bridgehead atoms. The van der Waals surface area contributed by atoms with Crippen molar-refractivity contribution in [3.05, 3.63) is 46.2 Å². The van der Waals surface area contributed by atoms with Gasteiger partial charge in [-0.1, -0.05) is 41.9 Å². The standard InChI is InChI=1S/C12H12ClN3O/c1-2-12-11(8-17)14-15-16(12)7-9-5-3-4-6-10(9)13/h3-6,8H,2,7H2,1H3. The first-order chi connectivity index (χ1) is 8.26. The molecule has 1 aromatic heterocycles. The van der Waals surface area contributed by atoms with Crippen LogP contribution in [0.5, 0.6) is 0 Å². The van der Waals surface area contributed by atoms with E-state index in [-0.39, 0.29) is 0 Å². The van der Waals surface area contributed by atoms with Gasteiger partial charge in [-0.15, -0.1) is 5.10 Å². The summed E-state index contributed by atoms with van der Waals surface area (Å²) < 4.78 is 1.71. The van der Waals surface area contributed by atoms with E-state index in [0.29, 0.717) is 23.7 Å². The molecular formula is C12H12ClN3O. The Balaban J connectivity index is 2.33. The van der Waals surface area contributed by atoms with Gasteiger partial charge in [0.25, 0.3) is 0 Å². The maximum Gasteiger partial charge on any atom is 0.172 e. The van der Waals surface area contributed by atoms with E-state index in [4.69, 9.17) is 11.6 Å². The summed E-state index contributed by atoms with van der Waals surface area (Å²) in [7, 11) is 0. The van der Waals surface area contributed by atoms with Gasteiger partial charge in [-0.25, -0.2) is 4.68 Å². The highest BCUT2D eigenvalue weighted by molar-refractivity contribution is 6.31. The van der Waals surface area contributed by atoms with Gasteiger partial charge in [-0.3, -0.25) is 4.79 Å². The van der Waals surface area contributed by atoms with Gasteiger partial charge in [0.1, 0.15) is 5.69 Å². The molecule has 0 aliphatic heterocycles. The summed E-state index contributed by atoms with van der Waals surface area (Å²) in [5, 5.41) is 8.50. The number of aldehydes is 1. The van der Waals surface area contributed by atoms with E-state index in [1.54, 1.807) is 4.68 Å². The normalized spacial score (nSPS) is 10.5. The maximum absolute atomic E-state index is 10.8. The highest BCUT2D eigenvalue weighted by atomic mass is 35.5. The third kappa shape index (κ3) is 2.36. The lowest BCUT2D eigenvalue weighted by Crippen LogP contribution is -2.07. The average molecular weight is 250 g/mol. The summed E-state index contributed by atoms with van der Waals surface area (Å²) in [6, 6.07) is 7.57. The minimum absolute atomic E-state index is 0.402. The number of carbonyl (C=O) groups excluding carboxylic acids is 1. The Bertz CT molecular complexity index is 536. The fourth-order valence-corrected chi connectivity index (χ4v) is 1.91. The predicted octanol–water partition coefficient (Wildman–Crippen LogP) is 2.35. The Labute approximate surface area is 104 Å². The van der Waals surface area contributed by atoms with E-state index in [2.05, 4.69) is 10.3 Å². The second-order valence-electron chi connectivity index (χ2n) is 3.64. The summed E-state index contributed by atoms with van der Waals surface area (Å²) in [4.78, 5) is 10.8. The number of halogens is 1. The van der Waals surface area contributed by atoms with Crippen molar-refractivity contribution in [1.29, 1.82) is 0 Å². The third-order valence-electron chi connectivity index (χ3n) is 2.59. The Morgan fingerprint density at radius 3 is 2.82 bits per heavy atom. The first-order valence-corrected chi connectivity index (χ1v) is 5.75. The van der Waals surface area contributed by atoms with Crippen LogP contribution in [-0.4, -0.2) is 21.3 Å². The van der Waals surface area contributed by atoms with Gasteiger partial charge in [0.2, 0.25) is 0 Å². The van der Waals surface area contributed by atoms with E-state index in [1.807, 2.05) is 31.2 Å². The Hall–Kier alpha value is -1.68. The summed E-state index contributed by atoms with van der Waals surface area (Å²) in [6.07, 6.45) is 1.44. The van der Waals surface area contributed by atoms with Crippen LogP contribution < -0.4 is 0 Å². The number of aromatic nitrogens is 3. The molecule has 0 atom stereocenters. The number of hydrogen-bond acceptors (Lipinski definition) is 3. The zero-order valence-corrected chi connectivity index (χ0v) is 10.2. The topological polar surface area (TPSA) is 47.8 Å². The highest BCUT2D eigenvalue weighted by Gasteiger charge is 2.11. The zero-order valence-electron chi connectivity index (χ0n) is 9.43. The number of hydrogen-bond donors (Lipinski definition) is 0. The molecule has 0 amide bonds. The first-order valence-electron chi connectivity index (χ1n) is 5.37. The van der Waals surface area contributed by atoms with E-state index >= 15 is 0 Å². The lowest BCUT2D eigenvalue weighted by Gasteiger charge is -2.06. The van der Waals surface area contributed by atoms with Crippen molar-refractivity contribution in [1.82, 2.24) is 15.0 Å². The lowest BCUT2D eigenvalue weighted by atomic mass is 10.2. The van der Waals surface area contributed by atoms with Gasteiger partial charge in [0.05, 0.1) is 12.2 Å². The van der Waals surface area contributed by atoms with Crippen LogP contribution in [-0.2, 0) is 13.0 Å². The van der Waals surface area contributed by atoms with Crippen LogP contribution in [0.2, 0.25) is 5.02 Å². The monoisotopic (exact) mass is 249 g/mol. The Kier molecular flexibility index (Phi) is 3.54. The van der Waals surface area contributed by atoms with Crippen molar-refractivity contribution >= 4 is 17.9 Å². The summed E-state index contributed by atoms with van der Waals surface area (Å²) >= 11 is 6.08. The molecule has 5 heteroatoms. The molecule has 0 saturated heterocycles. The lowest BCUT2D eigenvalue weighted by molar-refractivity contribution is 0.111. The van der Waals surface area contributed by atoms with E-state index in [1.165, 1.54) is 0 Å². The Morgan fingerprint density at radius 1 is 1.41 bits per heavy atom. The number of carbonyl (C=O) groups is 1. The minimum Gasteiger partial charge on any atom is -0.296 e. The molecule has 0 radical (unpaired) electrons. The Morgan fingerprint density at radius 2 is 2.18 bits per heavy atom. The molecule has 0 aliphatic rings. The highest BCUT2D eigenvalue weighted by Crippen LogP contribution is 2.17. The van der Waals surface area contributed by atoms with Crippen molar-refractivity contribution < 1.29 is 4.79 Å². The number of nitrogens with zero attached hydrogens (tertiary/aromatic N) is 3. The number of benzene rings is 1. The molecule has 2 rings (SSSR count). The van der Waals surface area contributed by atoms with Crippen molar-refractivity contribution in [2.75, 3.05) is 0 Å². The van der Waals surface area contributed by atoms with Gasteiger partial charge in [-0.2, -0.15) is 0 Å². The molecule has 1 heterocycles. The van der Waals surface area contributed by atoms with Gasteiger partial charge in [-0.05, 0) is 18.1 Å². The van der Waals surface area contributed by atoms with Crippen LogP contribution in [0.15, 0.2) is 24.3 Å². The molecular weight excluding hydrogens is 238 g/mol. The summed E-state index contributed by atoms with van der Waals surface area (Å²) in [6.45, 7) is 2.50. The second-order valence-corrected chi connectivity index (χ2v) is 4.05. The second kappa shape index (κ2) is 5.10. The number of rotatable bonds is 4. The van der Waals surface area contributed by atoms with E-state index < -0.39 is 0 Å². The quantitative estimate of drug-likeness (QED) is 0.782. The van der Waals surface area contributed by atoms with Crippen molar-refractivity contribution in [2.24, 2.45) is 0 Å². The largest absolute Gasteiger partial charge is 0.296 e. The minimum atomic E-state index is 0.402. The summed E-state index contributed by atoms with van der Waals surface area (Å²) in [5.41, 5.74) is 2.20. The third-order valence-corrected chi connectivity index (χ3v) is 2.96. The maximum atomic E-state index is 10.8. The SMILES string of the molecule is CCc1c(C=O)nnn1Cc1ccccc1Cl. The van der Waals surface area contributed by atoms with E-state index in [0.717, 1.165) is 17.5 Å².